The Morgan fingerprint density at radius 3 is 2.68 bits per heavy atom. The van der Waals surface area contributed by atoms with Crippen LogP contribution in [0.1, 0.15) is 25.0 Å². The van der Waals surface area contributed by atoms with Gasteiger partial charge >= 0.3 is 5.97 Å². The summed E-state index contributed by atoms with van der Waals surface area (Å²) >= 11 is 0. The summed E-state index contributed by atoms with van der Waals surface area (Å²) in [6.07, 6.45) is 9.68. The molecule has 0 radical (unpaired) electrons. The molecule has 4 nitrogen and oxygen atoms in total. The van der Waals surface area contributed by atoms with Crippen LogP contribution in [0.15, 0.2) is 70.7 Å². The number of hydrogen-bond acceptors (Lipinski definition) is 3. The van der Waals surface area contributed by atoms with E-state index in [0.717, 1.165) is 42.8 Å². The predicted octanol–water partition coefficient (Wildman–Crippen LogP) is 4.96. The zero-order valence-electron chi connectivity index (χ0n) is 17.4. The lowest BCUT2D eigenvalue weighted by Gasteiger charge is -2.54. The molecule has 6 rings (SSSR count). The number of rotatable bonds is 6. The summed E-state index contributed by atoms with van der Waals surface area (Å²) in [5, 5.41) is 20.2. The number of aliphatic hydroxyl groups is 1. The van der Waals surface area contributed by atoms with Gasteiger partial charge in [-0.05, 0) is 73.0 Å². The Hall–Kier alpha value is -2.59. The number of allylic oxidation sites excluding steroid dienone is 2. The zero-order valence-corrected chi connectivity index (χ0v) is 17.4. The largest absolute Gasteiger partial charge is 0.478 e. The van der Waals surface area contributed by atoms with Gasteiger partial charge in [-0.1, -0.05) is 42.5 Å². The molecular weight excluding hydrogens is 388 g/mol. The highest BCUT2D eigenvalue weighted by Gasteiger charge is 2.63. The molecule has 4 aliphatic carbocycles. The van der Waals surface area contributed by atoms with Crippen LogP contribution in [0, 0.1) is 41.4 Å². The van der Waals surface area contributed by atoms with Crippen LogP contribution in [0.2, 0.25) is 0 Å². The molecule has 2 saturated carbocycles. The van der Waals surface area contributed by atoms with Crippen LogP contribution in [-0.4, -0.2) is 22.3 Å². The standard InChI is InChI=1S/C27H28O4/c28-23-14-21(27(29)30)19-11-10-18-17(20-13-22(23)26(19)25(18)20)8-4-7-16-9-12-24(31-16)15-5-2-1-3-6-15/h1-3,5-6,9-12,14,17-20,22-23,25-26,28H,4,7-8,13H2,(H,29,30). The lowest BCUT2D eigenvalue weighted by molar-refractivity contribution is -0.134. The first kappa shape index (κ1) is 19.1. The second-order valence-corrected chi connectivity index (χ2v) is 9.81. The van der Waals surface area contributed by atoms with E-state index >= 15 is 0 Å². The van der Waals surface area contributed by atoms with Gasteiger partial charge in [0.05, 0.1) is 6.10 Å². The molecule has 2 fully saturated rings. The molecule has 4 aliphatic rings. The third-order valence-electron chi connectivity index (χ3n) is 8.50. The van der Waals surface area contributed by atoms with Gasteiger partial charge in [0.15, 0.2) is 0 Å². The molecule has 4 heteroatoms. The van der Waals surface area contributed by atoms with Crippen molar-refractivity contribution in [1.29, 1.82) is 0 Å². The van der Waals surface area contributed by atoms with Gasteiger partial charge < -0.3 is 14.6 Å². The molecule has 8 atom stereocenters. The number of hydrogen-bond donors (Lipinski definition) is 2. The molecule has 160 valence electrons. The Labute approximate surface area is 182 Å². The molecule has 8 unspecified atom stereocenters. The maximum absolute atomic E-state index is 11.7. The zero-order chi connectivity index (χ0) is 21.1. The van der Waals surface area contributed by atoms with Crippen molar-refractivity contribution in [1.82, 2.24) is 0 Å². The highest BCUT2D eigenvalue weighted by molar-refractivity contribution is 5.88. The maximum atomic E-state index is 11.7. The Bertz CT molecular complexity index is 1050. The third kappa shape index (κ3) is 2.95. The fourth-order valence-electron chi connectivity index (χ4n) is 7.28. The number of carbonyl (C=O) groups is 1. The van der Waals surface area contributed by atoms with Crippen LogP contribution in [0.4, 0.5) is 0 Å². The van der Waals surface area contributed by atoms with Gasteiger partial charge in [0.1, 0.15) is 11.5 Å². The van der Waals surface area contributed by atoms with Gasteiger partial charge in [0.2, 0.25) is 0 Å². The minimum Gasteiger partial charge on any atom is -0.478 e. The van der Waals surface area contributed by atoms with Crippen LogP contribution in [-0.2, 0) is 11.2 Å². The van der Waals surface area contributed by atoms with E-state index in [4.69, 9.17) is 4.42 Å². The van der Waals surface area contributed by atoms with Crippen LogP contribution < -0.4 is 0 Å². The Kier molecular flexibility index (Phi) is 4.46. The van der Waals surface area contributed by atoms with E-state index < -0.39 is 12.1 Å². The number of carboxylic acids is 1. The first-order valence-electron chi connectivity index (χ1n) is 11.6. The highest BCUT2D eigenvalue weighted by Crippen LogP contribution is 2.67. The smallest absolute Gasteiger partial charge is 0.331 e. The highest BCUT2D eigenvalue weighted by atomic mass is 16.4. The minimum absolute atomic E-state index is 0.0161. The molecule has 0 aliphatic heterocycles. The second-order valence-electron chi connectivity index (χ2n) is 9.81. The molecule has 1 heterocycles. The lowest BCUT2D eigenvalue weighted by Crippen LogP contribution is -2.50. The first-order valence-corrected chi connectivity index (χ1v) is 11.6. The minimum atomic E-state index is -0.877. The number of benzene rings is 1. The van der Waals surface area contributed by atoms with Gasteiger partial charge in [-0.3, -0.25) is 0 Å². The van der Waals surface area contributed by atoms with E-state index in [9.17, 15) is 15.0 Å². The monoisotopic (exact) mass is 416 g/mol. The lowest BCUT2D eigenvalue weighted by atomic mass is 9.50. The number of furan rings is 1. The molecule has 2 N–H and O–H groups in total. The number of aliphatic carboxylic acids is 1. The van der Waals surface area contributed by atoms with E-state index in [1.165, 1.54) is 0 Å². The predicted molar refractivity (Wildman–Crippen MR) is 117 cm³/mol. The van der Waals surface area contributed by atoms with E-state index in [1.54, 1.807) is 6.08 Å². The van der Waals surface area contributed by atoms with Crippen molar-refractivity contribution >= 4 is 5.97 Å². The van der Waals surface area contributed by atoms with Gasteiger partial charge in [-0.2, -0.15) is 0 Å². The summed E-state index contributed by atoms with van der Waals surface area (Å²) in [5.74, 6) is 3.98. The molecule has 2 aromatic rings. The average Bonchev–Trinajstić information content (AvgIpc) is 3.39. The van der Waals surface area contributed by atoms with Crippen molar-refractivity contribution in [3.8, 4) is 11.3 Å². The van der Waals surface area contributed by atoms with Crippen LogP contribution >= 0.6 is 0 Å². The molecule has 0 bridgehead atoms. The molecule has 0 spiro atoms. The van der Waals surface area contributed by atoms with Crippen molar-refractivity contribution in [2.24, 2.45) is 41.4 Å². The van der Waals surface area contributed by atoms with Crippen molar-refractivity contribution in [3.63, 3.8) is 0 Å². The van der Waals surface area contributed by atoms with E-state index in [1.807, 2.05) is 18.2 Å². The summed E-state index contributed by atoms with van der Waals surface area (Å²) in [6.45, 7) is 0. The number of carboxylic acid groups (broad SMARTS) is 1. The quantitative estimate of drug-likeness (QED) is 0.654. The molecule has 31 heavy (non-hydrogen) atoms. The summed E-state index contributed by atoms with van der Waals surface area (Å²) < 4.78 is 6.07. The van der Waals surface area contributed by atoms with Gasteiger partial charge in [-0.25, -0.2) is 4.79 Å². The molecule has 1 aromatic carbocycles. The van der Waals surface area contributed by atoms with Crippen LogP contribution in [0.25, 0.3) is 11.3 Å². The third-order valence-corrected chi connectivity index (χ3v) is 8.50. The fraction of sp³-hybridized carbons (Fsp3) is 0.444. The van der Waals surface area contributed by atoms with Crippen molar-refractivity contribution in [2.45, 2.75) is 31.8 Å². The summed E-state index contributed by atoms with van der Waals surface area (Å²) in [5.41, 5.74) is 1.51. The maximum Gasteiger partial charge on any atom is 0.331 e. The number of aliphatic hydroxyl groups excluding tert-OH is 1. The average molecular weight is 417 g/mol. The van der Waals surface area contributed by atoms with Crippen molar-refractivity contribution in [2.75, 3.05) is 0 Å². The number of aryl methyl sites for hydroxylation is 1. The summed E-state index contributed by atoms with van der Waals surface area (Å²) in [7, 11) is 0. The van der Waals surface area contributed by atoms with E-state index in [-0.39, 0.29) is 11.8 Å². The molecule has 0 saturated heterocycles. The second kappa shape index (κ2) is 7.23. The van der Waals surface area contributed by atoms with E-state index in [2.05, 4.69) is 36.4 Å². The normalized spacial score (nSPS) is 37.1. The molecule has 0 amide bonds. The molecular formula is C27H28O4. The Balaban J connectivity index is 1.12. The Morgan fingerprint density at radius 1 is 1.03 bits per heavy atom. The summed E-state index contributed by atoms with van der Waals surface area (Å²) in [4.78, 5) is 11.7. The van der Waals surface area contributed by atoms with Crippen molar-refractivity contribution < 1.29 is 19.4 Å². The summed E-state index contributed by atoms with van der Waals surface area (Å²) in [6, 6.07) is 14.4. The van der Waals surface area contributed by atoms with Crippen LogP contribution in [0.3, 0.4) is 0 Å². The first-order chi connectivity index (χ1) is 15.1. The van der Waals surface area contributed by atoms with Gasteiger partial charge in [0, 0.05) is 23.5 Å². The van der Waals surface area contributed by atoms with E-state index in [0.29, 0.717) is 35.2 Å². The van der Waals surface area contributed by atoms with Crippen molar-refractivity contribution in [3.05, 3.63) is 72.0 Å². The molecule has 1 aromatic heterocycles. The topological polar surface area (TPSA) is 70.7 Å². The van der Waals surface area contributed by atoms with Gasteiger partial charge in [-0.15, -0.1) is 0 Å². The van der Waals surface area contributed by atoms with Crippen LogP contribution in [0.5, 0.6) is 0 Å². The SMILES string of the molecule is O=C(O)C1=CC(O)C2CC3C(CCCc4ccc(-c5ccccc5)o4)C4C=CC1C2C43. The Morgan fingerprint density at radius 2 is 1.87 bits per heavy atom. The van der Waals surface area contributed by atoms with Gasteiger partial charge in [0.25, 0.3) is 0 Å². The fourth-order valence-corrected chi connectivity index (χ4v) is 7.28.